The van der Waals surface area contributed by atoms with Crippen molar-refractivity contribution < 1.29 is 4.79 Å². The van der Waals surface area contributed by atoms with Crippen LogP contribution in [-0.4, -0.2) is 44.9 Å². The Morgan fingerprint density at radius 3 is 2.92 bits per heavy atom. The van der Waals surface area contributed by atoms with Crippen molar-refractivity contribution in [3.63, 3.8) is 0 Å². The number of fused-ring (bicyclic) bond motifs is 1. The molecule has 1 fully saturated rings. The standard InChI is InChI=1S/C17H17N5OS2/c18-11-4-3-7-22(10-11)16(23)13-8-20-15(9-19-13)25-17-21-12-5-1-2-6-14(12)24-17/h1-2,5-6,8-9,11H,3-4,7,10,18H2. The molecule has 2 N–H and O–H groups in total. The molecule has 6 nitrogen and oxygen atoms in total. The first-order valence-corrected chi connectivity index (χ1v) is 9.73. The number of piperidine rings is 1. The second-order valence-electron chi connectivity index (χ2n) is 5.94. The Morgan fingerprint density at radius 1 is 1.28 bits per heavy atom. The fourth-order valence-electron chi connectivity index (χ4n) is 2.82. The van der Waals surface area contributed by atoms with Crippen LogP contribution in [-0.2, 0) is 0 Å². The number of nitrogens with zero attached hydrogens (tertiary/aromatic N) is 4. The van der Waals surface area contributed by atoms with E-state index < -0.39 is 0 Å². The van der Waals surface area contributed by atoms with Crippen LogP contribution >= 0.6 is 23.1 Å². The van der Waals surface area contributed by atoms with Crippen LogP contribution in [0.4, 0.5) is 0 Å². The molecular formula is C17H17N5OS2. The first-order chi connectivity index (χ1) is 12.2. The van der Waals surface area contributed by atoms with Crippen LogP contribution in [0.1, 0.15) is 23.3 Å². The second kappa shape index (κ2) is 7.07. The number of rotatable bonds is 3. The molecule has 0 spiro atoms. The molecule has 3 heterocycles. The number of nitrogens with two attached hydrogens (primary N) is 1. The SMILES string of the molecule is NC1CCCN(C(=O)c2cnc(Sc3nc4ccccc4s3)cn2)C1. The number of benzene rings is 1. The van der Waals surface area contributed by atoms with Gasteiger partial charge in [0.05, 0.1) is 22.6 Å². The van der Waals surface area contributed by atoms with E-state index >= 15 is 0 Å². The Morgan fingerprint density at radius 2 is 2.16 bits per heavy atom. The predicted molar refractivity (Wildman–Crippen MR) is 98.9 cm³/mol. The van der Waals surface area contributed by atoms with Crippen molar-refractivity contribution in [2.75, 3.05) is 13.1 Å². The lowest BCUT2D eigenvalue weighted by molar-refractivity contribution is 0.0702. The normalized spacial score (nSPS) is 17.8. The quantitative estimate of drug-likeness (QED) is 0.762. The lowest BCUT2D eigenvalue weighted by atomic mass is 10.1. The molecular weight excluding hydrogens is 354 g/mol. The number of likely N-dealkylation sites (tertiary alicyclic amines) is 1. The highest BCUT2D eigenvalue weighted by Crippen LogP contribution is 2.32. The van der Waals surface area contributed by atoms with Crippen LogP contribution in [0.25, 0.3) is 10.2 Å². The Hall–Kier alpha value is -2.03. The van der Waals surface area contributed by atoms with E-state index in [2.05, 4.69) is 15.0 Å². The minimum atomic E-state index is -0.0980. The summed E-state index contributed by atoms with van der Waals surface area (Å²) in [7, 11) is 0. The van der Waals surface area contributed by atoms with Gasteiger partial charge in [0.25, 0.3) is 5.91 Å². The van der Waals surface area contributed by atoms with Gasteiger partial charge in [-0.15, -0.1) is 11.3 Å². The zero-order valence-electron chi connectivity index (χ0n) is 13.5. The van der Waals surface area contributed by atoms with Gasteiger partial charge in [-0.25, -0.2) is 15.0 Å². The summed E-state index contributed by atoms with van der Waals surface area (Å²) >= 11 is 3.08. The van der Waals surface area contributed by atoms with Crippen LogP contribution in [0, 0.1) is 0 Å². The number of carbonyl (C=O) groups is 1. The van der Waals surface area contributed by atoms with E-state index in [1.165, 1.54) is 18.0 Å². The molecule has 1 atom stereocenters. The average Bonchev–Trinajstić information content (AvgIpc) is 3.04. The molecule has 1 unspecified atom stereocenters. The molecule has 0 radical (unpaired) electrons. The minimum absolute atomic E-state index is 0.0551. The molecule has 1 saturated heterocycles. The molecule has 8 heteroatoms. The molecule has 1 aliphatic rings. The number of thiazole rings is 1. The lowest BCUT2D eigenvalue weighted by Gasteiger charge is -2.30. The molecule has 1 amide bonds. The molecule has 0 saturated carbocycles. The van der Waals surface area contributed by atoms with Crippen LogP contribution in [0.5, 0.6) is 0 Å². The van der Waals surface area contributed by atoms with Crippen molar-refractivity contribution in [1.29, 1.82) is 0 Å². The third kappa shape index (κ3) is 3.65. The summed E-state index contributed by atoms with van der Waals surface area (Å²) in [5.74, 6) is -0.0980. The number of amides is 1. The minimum Gasteiger partial charge on any atom is -0.336 e. The van der Waals surface area contributed by atoms with Gasteiger partial charge in [-0.3, -0.25) is 4.79 Å². The first kappa shape index (κ1) is 16.4. The summed E-state index contributed by atoms with van der Waals surface area (Å²) < 4.78 is 2.06. The molecule has 1 aromatic carbocycles. The van der Waals surface area contributed by atoms with E-state index in [4.69, 9.17) is 5.73 Å². The van der Waals surface area contributed by atoms with Gasteiger partial charge in [0.15, 0.2) is 4.34 Å². The number of aromatic nitrogens is 3. The lowest BCUT2D eigenvalue weighted by Crippen LogP contribution is -2.45. The number of para-hydroxylation sites is 1. The fraction of sp³-hybridized carbons (Fsp3) is 0.294. The van der Waals surface area contributed by atoms with Crippen LogP contribution in [0.2, 0.25) is 0 Å². The zero-order chi connectivity index (χ0) is 17.2. The van der Waals surface area contributed by atoms with Gasteiger partial charge in [-0.05, 0) is 36.7 Å². The Balaban J connectivity index is 1.47. The van der Waals surface area contributed by atoms with Gasteiger partial charge in [-0.2, -0.15) is 0 Å². The van der Waals surface area contributed by atoms with E-state index in [-0.39, 0.29) is 11.9 Å². The highest BCUT2D eigenvalue weighted by Gasteiger charge is 2.23. The Labute approximate surface area is 153 Å². The number of carbonyl (C=O) groups excluding carboxylic acids is 1. The first-order valence-electron chi connectivity index (χ1n) is 8.09. The van der Waals surface area contributed by atoms with Crippen LogP contribution in [0.3, 0.4) is 0 Å². The molecule has 0 aliphatic carbocycles. The zero-order valence-corrected chi connectivity index (χ0v) is 15.1. The van der Waals surface area contributed by atoms with Crippen LogP contribution in [0.15, 0.2) is 46.0 Å². The van der Waals surface area contributed by atoms with Gasteiger partial charge < -0.3 is 10.6 Å². The fourth-order valence-corrected chi connectivity index (χ4v) is 4.74. The summed E-state index contributed by atoms with van der Waals surface area (Å²) in [6.07, 6.45) is 5.07. The van der Waals surface area contributed by atoms with E-state index in [1.807, 2.05) is 24.3 Å². The summed E-state index contributed by atoms with van der Waals surface area (Å²) in [5, 5.41) is 0.728. The van der Waals surface area contributed by atoms with E-state index in [9.17, 15) is 4.79 Å². The van der Waals surface area contributed by atoms with Gasteiger partial charge in [-0.1, -0.05) is 12.1 Å². The van der Waals surface area contributed by atoms with Crippen LogP contribution < -0.4 is 5.73 Å². The largest absolute Gasteiger partial charge is 0.336 e. The highest BCUT2D eigenvalue weighted by molar-refractivity contribution is 8.01. The topological polar surface area (TPSA) is 85.0 Å². The van der Waals surface area contributed by atoms with Crippen molar-refractivity contribution in [2.24, 2.45) is 5.73 Å². The van der Waals surface area contributed by atoms with Gasteiger partial charge in [0.1, 0.15) is 10.7 Å². The van der Waals surface area contributed by atoms with Gasteiger partial charge in [0.2, 0.25) is 0 Å². The monoisotopic (exact) mass is 371 g/mol. The van der Waals surface area contributed by atoms with Crippen molar-refractivity contribution >= 4 is 39.2 Å². The maximum Gasteiger partial charge on any atom is 0.274 e. The number of hydrogen-bond donors (Lipinski definition) is 1. The Bertz CT molecular complexity index is 862. The van der Waals surface area contributed by atoms with Gasteiger partial charge >= 0.3 is 0 Å². The maximum atomic E-state index is 12.5. The van der Waals surface area contributed by atoms with Crippen molar-refractivity contribution in [3.05, 3.63) is 42.4 Å². The van der Waals surface area contributed by atoms with Crippen molar-refractivity contribution in [1.82, 2.24) is 19.9 Å². The molecule has 2 aromatic heterocycles. The highest BCUT2D eigenvalue weighted by atomic mass is 32.2. The van der Waals surface area contributed by atoms with Gasteiger partial charge in [0, 0.05) is 19.1 Å². The molecule has 4 rings (SSSR count). The van der Waals surface area contributed by atoms with Crippen molar-refractivity contribution in [2.45, 2.75) is 28.2 Å². The third-order valence-electron chi connectivity index (χ3n) is 4.06. The molecule has 128 valence electrons. The molecule has 3 aromatic rings. The smallest absolute Gasteiger partial charge is 0.274 e. The summed E-state index contributed by atoms with van der Waals surface area (Å²) in [5.41, 5.74) is 7.29. The van der Waals surface area contributed by atoms with Crippen molar-refractivity contribution in [3.8, 4) is 0 Å². The second-order valence-corrected chi connectivity index (χ2v) is 8.24. The average molecular weight is 371 g/mol. The van der Waals surface area contributed by atoms with E-state index in [0.29, 0.717) is 12.2 Å². The van der Waals surface area contributed by atoms with E-state index in [0.717, 1.165) is 39.0 Å². The summed E-state index contributed by atoms with van der Waals surface area (Å²) in [4.78, 5) is 27.5. The Kier molecular flexibility index (Phi) is 4.65. The molecule has 0 bridgehead atoms. The molecule has 25 heavy (non-hydrogen) atoms. The van der Waals surface area contributed by atoms with E-state index in [1.54, 1.807) is 22.4 Å². The summed E-state index contributed by atoms with van der Waals surface area (Å²) in [6, 6.07) is 8.07. The maximum absolute atomic E-state index is 12.5. The third-order valence-corrected chi connectivity index (χ3v) is 6.08. The number of hydrogen-bond acceptors (Lipinski definition) is 7. The molecule has 1 aliphatic heterocycles. The summed E-state index contributed by atoms with van der Waals surface area (Å²) in [6.45, 7) is 1.32. The predicted octanol–water partition coefficient (Wildman–Crippen LogP) is 2.80.